The highest BCUT2D eigenvalue weighted by Crippen LogP contribution is 2.30. The van der Waals surface area contributed by atoms with Gasteiger partial charge in [-0.15, -0.1) is 0 Å². The Kier molecular flexibility index (Phi) is 8.47. The number of ether oxygens (including phenoxy) is 2. The van der Waals surface area contributed by atoms with E-state index in [-0.39, 0.29) is 0 Å². The molecule has 0 aromatic heterocycles. The number of hydrogen-bond acceptors (Lipinski definition) is 2. The van der Waals surface area contributed by atoms with Crippen molar-refractivity contribution in [1.82, 2.24) is 0 Å². The van der Waals surface area contributed by atoms with Gasteiger partial charge in [0, 0.05) is 13.8 Å². The minimum absolute atomic E-state index is 0.571. The van der Waals surface area contributed by atoms with Gasteiger partial charge < -0.3 is 9.47 Å². The number of hydrogen-bond donors (Lipinski definition) is 0. The molecule has 148 valence electrons. The lowest BCUT2D eigenvalue weighted by Gasteiger charge is -2.29. The molecule has 0 spiro atoms. The average Bonchev–Trinajstić information content (AvgIpc) is 2.61. The lowest BCUT2D eigenvalue weighted by molar-refractivity contribution is -0.158. The largest absolute Gasteiger partial charge is 0.463 e. The highest BCUT2D eigenvalue weighted by molar-refractivity contribution is 5.29. The summed E-state index contributed by atoms with van der Waals surface area (Å²) in [6.45, 7) is 11.7. The fourth-order valence-corrected chi connectivity index (χ4v) is 4.18. The summed E-state index contributed by atoms with van der Waals surface area (Å²) in [4.78, 5) is 0. The van der Waals surface area contributed by atoms with Gasteiger partial charge >= 0.3 is 0 Å². The molecule has 0 saturated heterocycles. The summed E-state index contributed by atoms with van der Waals surface area (Å²) in [7, 11) is 0. The Bertz CT molecular complexity index is 497. The summed E-state index contributed by atoms with van der Waals surface area (Å²) in [5, 5.41) is 0. The average molecular weight is 361 g/mol. The molecule has 1 fully saturated rings. The van der Waals surface area contributed by atoms with Crippen LogP contribution in [0.25, 0.3) is 0 Å². The Balaban J connectivity index is 1.82. The Morgan fingerprint density at radius 3 is 2.27 bits per heavy atom. The lowest BCUT2D eigenvalue weighted by atomic mass is 9.87. The third-order valence-electron chi connectivity index (χ3n) is 5.66. The zero-order chi connectivity index (χ0) is 19.0. The molecule has 1 atom stereocenters. The molecule has 0 N–H and O–H groups in total. The van der Waals surface area contributed by atoms with E-state index in [0.717, 1.165) is 24.2 Å². The quantitative estimate of drug-likeness (QED) is 0.407. The molecule has 1 aliphatic carbocycles. The third-order valence-corrected chi connectivity index (χ3v) is 5.66. The molecule has 1 aliphatic rings. The van der Waals surface area contributed by atoms with Gasteiger partial charge in [0.25, 0.3) is 0 Å². The Morgan fingerprint density at radius 1 is 1.04 bits per heavy atom. The fraction of sp³-hybridized carbons (Fsp3) is 0.750. The van der Waals surface area contributed by atoms with E-state index in [1.54, 1.807) is 0 Å². The second-order valence-corrected chi connectivity index (χ2v) is 8.95. The highest BCUT2D eigenvalue weighted by Gasteiger charge is 2.22. The van der Waals surface area contributed by atoms with Crippen LogP contribution < -0.4 is 4.74 Å². The number of benzene rings is 1. The topological polar surface area (TPSA) is 18.5 Å². The predicted octanol–water partition coefficient (Wildman–Crippen LogP) is 7.33. The van der Waals surface area contributed by atoms with E-state index in [1.165, 1.54) is 56.9 Å². The summed E-state index contributed by atoms with van der Waals surface area (Å²) in [6.07, 6.45) is 10.6. The Morgan fingerprint density at radius 2 is 1.69 bits per heavy atom. The lowest BCUT2D eigenvalue weighted by Crippen LogP contribution is -2.32. The molecule has 2 heteroatoms. The van der Waals surface area contributed by atoms with Gasteiger partial charge in [-0.2, -0.15) is 0 Å². The summed E-state index contributed by atoms with van der Waals surface area (Å²) in [5.74, 6) is 2.55. The van der Waals surface area contributed by atoms with Crippen LogP contribution in [0, 0.1) is 11.8 Å². The monoisotopic (exact) mass is 360 g/mol. The van der Waals surface area contributed by atoms with Crippen LogP contribution in [0.1, 0.15) is 97.5 Å². The standard InChI is InChI=1S/C24H40O2/c1-6-21(18-19(2)3)22-12-14-23(15-13-22)26-24(4,5)25-17-16-20-10-8-7-9-11-20/h12-15,19-21H,6-11,16-18H2,1-5H3. The molecule has 2 rings (SSSR count). The van der Waals surface area contributed by atoms with Crippen molar-refractivity contribution in [3.05, 3.63) is 29.8 Å². The Hall–Kier alpha value is -1.02. The van der Waals surface area contributed by atoms with E-state index in [0.29, 0.717) is 5.92 Å². The van der Waals surface area contributed by atoms with Gasteiger partial charge in [-0.25, -0.2) is 0 Å². The van der Waals surface area contributed by atoms with Crippen LogP contribution in [0.3, 0.4) is 0 Å². The van der Waals surface area contributed by atoms with Crippen molar-refractivity contribution in [3.63, 3.8) is 0 Å². The molecular weight excluding hydrogens is 320 g/mol. The molecule has 1 aromatic carbocycles. The van der Waals surface area contributed by atoms with Crippen molar-refractivity contribution in [1.29, 1.82) is 0 Å². The summed E-state index contributed by atoms with van der Waals surface area (Å²) < 4.78 is 12.2. The van der Waals surface area contributed by atoms with Crippen molar-refractivity contribution < 1.29 is 9.47 Å². The summed E-state index contributed by atoms with van der Waals surface area (Å²) in [6, 6.07) is 8.66. The van der Waals surface area contributed by atoms with E-state index in [1.807, 2.05) is 13.8 Å². The summed E-state index contributed by atoms with van der Waals surface area (Å²) >= 11 is 0. The molecule has 1 unspecified atom stereocenters. The zero-order valence-electron chi connectivity index (χ0n) is 17.7. The van der Waals surface area contributed by atoms with E-state index >= 15 is 0 Å². The second-order valence-electron chi connectivity index (χ2n) is 8.95. The molecule has 1 aromatic rings. The van der Waals surface area contributed by atoms with Crippen LogP contribution in [-0.2, 0) is 4.74 Å². The van der Waals surface area contributed by atoms with Gasteiger partial charge in [-0.3, -0.25) is 0 Å². The van der Waals surface area contributed by atoms with Crippen molar-refractivity contribution >= 4 is 0 Å². The smallest absolute Gasteiger partial charge is 0.204 e. The van der Waals surface area contributed by atoms with Gasteiger partial charge in [0.05, 0.1) is 6.61 Å². The molecule has 0 heterocycles. The second kappa shape index (κ2) is 10.3. The zero-order valence-corrected chi connectivity index (χ0v) is 17.7. The van der Waals surface area contributed by atoms with E-state index < -0.39 is 5.79 Å². The maximum atomic E-state index is 6.12. The van der Waals surface area contributed by atoms with Gasteiger partial charge in [-0.05, 0) is 54.7 Å². The molecule has 1 saturated carbocycles. The first-order valence-electron chi connectivity index (χ1n) is 10.8. The Labute approximate surface area is 161 Å². The fourth-order valence-electron chi connectivity index (χ4n) is 4.18. The molecule has 0 aliphatic heterocycles. The van der Waals surface area contributed by atoms with Gasteiger partial charge in [0.2, 0.25) is 5.79 Å². The van der Waals surface area contributed by atoms with E-state index in [4.69, 9.17) is 9.47 Å². The molecular formula is C24H40O2. The number of rotatable bonds is 10. The molecule has 0 bridgehead atoms. The van der Waals surface area contributed by atoms with Crippen LogP contribution in [-0.4, -0.2) is 12.4 Å². The SMILES string of the molecule is CCC(CC(C)C)c1ccc(OC(C)(C)OCCC2CCCCC2)cc1. The van der Waals surface area contributed by atoms with Crippen molar-refractivity contribution in [2.75, 3.05) is 6.61 Å². The van der Waals surface area contributed by atoms with Crippen LogP contribution >= 0.6 is 0 Å². The first-order valence-corrected chi connectivity index (χ1v) is 10.8. The molecule has 26 heavy (non-hydrogen) atoms. The van der Waals surface area contributed by atoms with Crippen molar-refractivity contribution in [2.24, 2.45) is 11.8 Å². The highest BCUT2D eigenvalue weighted by atomic mass is 16.7. The van der Waals surface area contributed by atoms with Crippen LogP contribution in [0.5, 0.6) is 5.75 Å². The van der Waals surface area contributed by atoms with Crippen LogP contribution in [0.4, 0.5) is 0 Å². The molecule has 2 nitrogen and oxygen atoms in total. The third kappa shape index (κ3) is 7.31. The van der Waals surface area contributed by atoms with E-state index in [9.17, 15) is 0 Å². The first-order chi connectivity index (χ1) is 12.4. The van der Waals surface area contributed by atoms with E-state index in [2.05, 4.69) is 45.0 Å². The van der Waals surface area contributed by atoms with Crippen LogP contribution in [0.15, 0.2) is 24.3 Å². The molecule has 0 amide bonds. The normalized spacial score (nSPS) is 17.5. The maximum Gasteiger partial charge on any atom is 0.204 e. The minimum atomic E-state index is -0.571. The molecule has 0 radical (unpaired) electrons. The van der Waals surface area contributed by atoms with Gasteiger partial charge in [0.1, 0.15) is 5.75 Å². The van der Waals surface area contributed by atoms with Crippen LogP contribution in [0.2, 0.25) is 0 Å². The van der Waals surface area contributed by atoms with Gasteiger partial charge in [-0.1, -0.05) is 65.0 Å². The van der Waals surface area contributed by atoms with Gasteiger partial charge in [0.15, 0.2) is 0 Å². The minimum Gasteiger partial charge on any atom is -0.463 e. The van der Waals surface area contributed by atoms with Crippen molar-refractivity contribution in [3.8, 4) is 5.75 Å². The maximum absolute atomic E-state index is 6.12. The summed E-state index contributed by atoms with van der Waals surface area (Å²) in [5.41, 5.74) is 1.42. The predicted molar refractivity (Wildman–Crippen MR) is 111 cm³/mol. The first kappa shape index (κ1) is 21.3. The van der Waals surface area contributed by atoms with Crippen molar-refractivity contribution in [2.45, 2.75) is 97.7 Å².